The summed E-state index contributed by atoms with van der Waals surface area (Å²) >= 11 is 0. The van der Waals surface area contributed by atoms with Crippen LogP contribution < -0.4 is 14.5 Å². The van der Waals surface area contributed by atoms with E-state index in [9.17, 15) is 0 Å². The minimum Gasteiger partial charge on any atom is -0.457 e. The first kappa shape index (κ1) is 35.4. The third kappa shape index (κ3) is 5.24. The first-order chi connectivity index (χ1) is 29.7. The Morgan fingerprint density at radius 1 is 0.508 bits per heavy atom. The molecule has 0 saturated carbocycles. The van der Waals surface area contributed by atoms with Gasteiger partial charge in [-0.15, -0.1) is 0 Å². The number of rotatable bonds is 5. The van der Waals surface area contributed by atoms with E-state index in [1.807, 2.05) is 30.6 Å². The van der Waals surface area contributed by atoms with Gasteiger partial charge >= 0.3 is 0 Å². The Morgan fingerprint density at radius 3 is 1.89 bits per heavy atom. The molecule has 296 valence electrons. The maximum absolute atomic E-state index is 6.76. The van der Waals surface area contributed by atoms with Gasteiger partial charge in [-0.3, -0.25) is 9.55 Å². The van der Waals surface area contributed by atoms with Gasteiger partial charge in [0.15, 0.2) is 0 Å². The molecule has 0 fully saturated rings. The van der Waals surface area contributed by atoms with Crippen LogP contribution in [0.25, 0.3) is 71.4 Å². The highest BCUT2D eigenvalue weighted by molar-refractivity contribution is 6.25. The van der Waals surface area contributed by atoms with Gasteiger partial charge in [-0.05, 0) is 89.8 Å². The molecule has 0 bridgehead atoms. The number of hydrogen-bond donors (Lipinski definition) is 0. The molecule has 0 radical (unpaired) electrons. The highest BCUT2D eigenvalue weighted by Gasteiger charge is 2.33. The number of nitrogens with zero attached hydrogens (tertiary/aromatic N) is 7. The van der Waals surface area contributed by atoms with Crippen molar-refractivity contribution >= 4 is 88.3 Å². The van der Waals surface area contributed by atoms with Crippen LogP contribution in [0.15, 0.2) is 158 Å². The van der Waals surface area contributed by atoms with Gasteiger partial charge in [0.1, 0.15) is 24.0 Å². The first-order valence-corrected chi connectivity index (χ1v) is 20.9. The molecule has 0 aliphatic carbocycles. The highest BCUT2D eigenvalue weighted by Crippen LogP contribution is 2.51. The van der Waals surface area contributed by atoms with Crippen molar-refractivity contribution in [3.63, 3.8) is 0 Å². The third-order valence-electron chi connectivity index (χ3n) is 12.7. The summed E-state index contributed by atoms with van der Waals surface area (Å²) in [6.07, 6.45) is 3.76. The van der Waals surface area contributed by atoms with Gasteiger partial charge in [0.2, 0.25) is 0 Å². The fourth-order valence-electron chi connectivity index (χ4n) is 9.83. The molecule has 6 aromatic carbocycles. The van der Waals surface area contributed by atoms with Crippen molar-refractivity contribution in [2.24, 2.45) is 14.1 Å². The average Bonchev–Trinajstić information content (AvgIpc) is 4.00. The second kappa shape index (κ2) is 13.0. The number of aryl methyl sites for hydroxylation is 2. The molecule has 5 aromatic heterocycles. The van der Waals surface area contributed by atoms with Gasteiger partial charge in [-0.25, -0.2) is 4.98 Å². The maximum atomic E-state index is 6.76. The van der Waals surface area contributed by atoms with Crippen molar-refractivity contribution in [1.82, 2.24) is 23.7 Å². The van der Waals surface area contributed by atoms with E-state index in [-0.39, 0.29) is 5.41 Å². The Bertz CT molecular complexity index is 3490. The first-order valence-electron chi connectivity index (χ1n) is 20.9. The molecule has 1 aliphatic rings. The number of anilines is 4. The zero-order valence-electron chi connectivity index (χ0n) is 34.8. The summed E-state index contributed by atoms with van der Waals surface area (Å²) < 4.78 is 13.7. The van der Waals surface area contributed by atoms with E-state index in [2.05, 4.69) is 186 Å². The standard InChI is InChI=1S/C53H43N7O/c1-53(2,3)33-25-27-54-48(28-33)60-46-22-13-26-55-49(46)39-24-23-36(30-47(39)60)61-35-15-12-14-34(29-35)58-32-59(45-21-11-10-20-44(45)58)52-50-40(37-16-6-8-18-42(37)56(50)4)31-41-38-17-7-9-19-43(38)57(5)51(41)52/h6-31H,32H2,1-5H3. The molecule has 0 amide bonds. The normalized spacial score (nSPS) is 13.2. The lowest BCUT2D eigenvalue weighted by Gasteiger charge is -2.25. The number of para-hydroxylation sites is 4. The van der Waals surface area contributed by atoms with Crippen LogP contribution >= 0.6 is 0 Å². The smallest absolute Gasteiger partial charge is 0.137 e. The quantitative estimate of drug-likeness (QED) is 0.174. The molecular formula is C53H43N7O. The second-order valence-corrected chi connectivity index (χ2v) is 17.3. The minimum atomic E-state index is -0.0214. The van der Waals surface area contributed by atoms with Crippen LogP contribution in [0.3, 0.4) is 0 Å². The Morgan fingerprint density at radius 2 is 1.16 bits per heavy atom. The number of aromatic nitrogens is 5. The van der Waals surface area contributed by atoms with Crippen molar-refractivity contribution in [3.8, 4) is 17.3 Å². The Labute approximate surface area is 353 Å². The monoisotopic (exact) mass is 793 g/mol. The molecule has 0 atom stereocenters. The Balaban J connectivity index is 0.969. The summed E-state index contributed by atoms with van der Waals surface area (Å²) in [5.74, 6) is 2.36. The lowest BCUT2D eigenvalue weighted by atomic mass is 9.88. The molecule has 8 nitrogen and oxygen atoms in total. The zero-order chi connectivity index (χ0) is 41.1. The molecule has 1 aliphatic heterocycles. The van der Waals surface area contributed by atoms with Crippen LogP contribution in [-0.4, -0.2) is 30.3 Å². The van der Waals surface area contributed by atoms with E-state index in [0.717, 1.165) is 56.3 Å². The molecular weight excluding hydrogens is 751 g/mol. The van der Waals surface area contributed by atoms with Crippen molar-refractivity contribution in [1.29, 1.82) is 0 Å². The molecule has 12 rings (SSSR count). The fraction of sp³-hybridized carbons (Fsp3) is 0.132. The summed E-state index contributed by atoms with van der Waals surface area (Å²) in [5, 5.41) is 6.08. The van der Waals surface area contributed by atoms with Crippen LogP contribution in [-0.2, 0) is 19.5 Å². The number of pyridine rings is 2. The van der Waals surface area contributed by atoms with Crippen molar-refractivity contribution < 1.29 is 4.74 Å². The summed E-state index contributed by atoms with van der Waals surface area (Å²) in [4.78, 5) is 14.6. The molecule has 6 heterocycles. The van der Waals surface area contributed by atoms with E-state index in [0.29, 0.717) is 6.67 Å². The van der Waals surface area contributed by atoms with Crippen LogP contribution in [0.1, 0.15) is 26.3 Å². The van der Waals surface area contributed by atoms with Crippen molar-refractivity contribution in [2.75, 3.05) is 16.5 Å². The summed E-state index contributed by atoms with van der Waals surface area (Å²) in [5.41, 5.74) is 13.6. The predicted octanol–water partition coefficient (Wildman–Crippen LogP) is 13.2. The summed E-state index contributed by atoms with van der Waals surface area (Å²) in [7, 11) is 4.41. The van der Waals surface area contributed by atoms with Gasteiger partial charge < -0.3 is 23.7 Å². The molecule has 0 saturated heterocycles. The molecule has 0 unspecified atom stereocenters. The van der Waals surface area contributed by atoms with Gasteiger partial charge in [-0.2, -0.15) is 0 Å². The molecule has 0 N–H and O–H groups in total. The van der Waals surface area contributed by atoms with Gasteiger partial charge in [-0.1, -0.05) is 75.4 Å². The van der Waals surface area contributed by atoms with Gasteiger partial charge in [0, 0.05) is 82.3 Å². The number of hydrogen-bond acceptors (Lipinski definition) is 5. The molecule has 8 heteroatoms. The van der Waals surface area contributed by atoms with E-state index in [1.54, 1.807) is 0 Å². The SMILES string of the molecule is Cn1c2ccccc2c2cc3c4ccccc4n(C)c3c(N3CN(c4cccc(Oc5ccc6c7ncccc7n(-c7cc(C(C)(C)C)ccn7)c6c5)c4)c4ccccc43)c21. The Hall–Kier alpha value is -7.58. The predicted molar refractivity (Wildman–Crippen MR) is 252 cm³/mol. The van der Waals surface area contributed by atoms with E-state index in [4.69, 9.17) is 14.7 Å². The van der Waals surface area contributed by atoms with E-state index >= 15 is 0 Å². The summed E-state index contributed by atoms with van der Waals surface area (Å²) in [6.45, 7) is 7.31. The maximum Gasteiger partial charge on any atom is 0.137 e. The fourth-order valence-corrected chi connectivity index (χ4v) is 9.83. The second-order valence-electron chi connectivity index (χ2n) is 17.3. The van der Waals surface area contributed by atoms with Gasteiger partial charge in [0.05, 0.1) is 44.6 Å². The lowest BCUT2D eigenvalue weighted by molar-refractivity contribution is 0.483. The van der Waals surface area contributed by atoms with E-state index < -0.39 is 0 Å². The Kier molecular flexibility index (Phi) is 7.51. The van der Waals surface area contributed by atoms with E-state index in [1.165, 1.54) is 54.9 Å². The molecule has 0 spiro atoms. The number of ether oxygens (including phenoxy) is 1. The topological polar surface area (TPSA) is 56.3 Å². The average molecular weight is 794 g/mol. The lowest BCUT2D eigenvalue weighted by Crippen LogP contribution is -2.25. The van der Waals surface area contributed by atoms with Crippen molar-refractivity contribution in [3.05, 3.63) is 164 Å². The third-order valence-corrected chi connectivity index (χ3v) is 12.7. The van der Waals surface area contributed by atoms with Crippen LogP contribution in [0.4, 0.5) is 22.7 Å². The molecule has 61 heavy (non-hydrogen) atoms. The highest BCUT2D eigenvalue weighted by atomic mass is 16.5. The van der Waals surface area contributed by atoms with Crippen molar-refractivity contribution in [2.45, 2.75) is 26.2 Å². The molecule has 11 aromatic rings. The minimum absolute atomic E-state index is 0.0214. The number of fused-ring (bicyclic) bond motifs is 10. The van der Waals surface area contributed by atoms with Crippen LogP contribution in [0.5, 0.6) is 11.5 Å². The largest absolute Gasteiger partial charge is 0.457 e. The van der Waals surface area contributed by atoms with Crippen LogP contribution in [0.2, 0.25) is 0 Å². The zero-order valence-corrected chi connectivity index (χ0v) is 34.8. The summed E-state index contributed by atoms with van der Waals surface area (Å²) in [6, 6.07) is 51.8. The van der Waals surface area contributed by atoms with Gasteiger partial charge in [0.25, 0.3) is 0 Å². The van der Waals surface area contributed by atoms with Crippen LogP contribution in [0, 0.1) is 0 Å². The number of benzene rings is 6.